The molecule has 0 aliphatic carbocycles. The second-order valence-electron chi connectivity index (χ2n) is 6.02. The van der Waals surface area contributed by atoms with Crippen LogP contribution in [0.2, 0.25) is 0 Å². The highest BCUT2D eigenvalue weighted by atomic mass is 16.5. The lowest BCUT2D eigenvalue weighted by molar-refractivity contribution is 0.106. The number of nitrogens with zero attached hydrogens (tertiary/aromatic N) is 2. The van der Waals surface area contributed by atoms with Gasteiger partial charge in [-0.3, -0.25) is 0 Å². The van der Waals surface area contributed by atoms with Gasteiger partial charge in [0.05, 0.1) is 6.33 Å². The van der Waals surface area contributed by atoms with Gasteiger partial charge in [-0.2, -0.15) is 0 Å². The van der Waals surface area contributed by atoms with Crippen molar-refractivity contribution < 1.29 is 9.84 Å². The monoisotopic (exact) mass is 317 g/mol. The summed E-state index contributed by atoms with van der Waals surface area (Å²) < 4.78 is 7.82. The van der Waals surface area contributed by atoms with E-state index in [0.717, 1.165) is 25.3 Å². The first-order chi connectivity index (χ1) is 11.2. The van der Waals surface area contributed by atoms with E-state index < -0.39 is 6.10 Å². The van der Waals surface area contributed by atoms with E-state index in [1.165, 1.54) is 5.56 Å². The molecule has 0 bridgehead atoms. The summed E-state index contributed by atoms with van der Waals surface area (Å²) in [7, 11) is 0. The molecule has 1 atom stereocenters. The third kappa shape index (κ3) is 6.04. The molecule has 0 amide bonds. The van der Waals surface area contributed by atoms with Crippen LogP contribution in [0.15, 0.2) is 43.0 Å². The topological polar surface area (TPSA) is 59.3 Å². The fraction of sp³-hybridized carbons (Fsp3) is 0.500. The number of aliphatic hydroxyl groups excluding tert-OH is 1. The molecule has 0 aliphatic heterocycles. The first kappa shape index (κ1) is 17.5. The molecule has 5 nitrogen and oxygen atoms in total. The van der Waals surface area contributed by atoms with Crippen LogP contribution in [0.1, 0.15) is 31.7 Å². The first-order valence-corrected chi connectivity index (χ1v) is 8.23. The first-order valence-electron chi connectivity index (χ1n) is 8.23. The molecule has 0 aliphatic rings. The summed E-state index contributed by atoms with van der Waals surface area (Å²) in [5, 5.41) is 13.3. The average Bonchev–Trinajstić information content (AvgIpc) is 3.06. The lowest BCUT2D eigenvalue weighted by atomic mass is 10.0. The number of aryl methyl sites for hydroxylation is 1. The SMILES string of the molecule is CC(C)c1ccccc1OC[C@@H](O)CNCCCn1ccnc1. The van der Waals surface area contributed by atoms with Crippen molar-refractivity contribution in [3.63, 3.8) is 0 Å². The maximum absolute atomic E-state index is 10.0. The van der Waals surface area contributed by atoms with Gasteiger partial charge >= 0.3 is 0 Å². The molecule has 1 heterocycles. The van der Waals surface area contributed by atoms with Crippen molar-refractivity contribution in [2.45, 2.75) is 38.8 Å². The molecule has 2 rings (SSSR count). The summed E-state index contributed by atoms with van der Waals surface area (Å²) in [6, 6.07) is 8.00. The molecule has 126 valence electrons. The van der Waals surface area contributed by atoms with E-state index in [4.69, 9.17) is 4.74 Å². The Morgan fingerprint density at radius 1 is 1.30 bits per heavy atom. The largest absolute Gasteiger partial charge is 0.491 e. The molecule has 0 saturated carbocycles. The van der Waals surface area contributed by atoms with Crippen LogP contribution in [-0.2, 0) is 6.54 Å². The van der Waals surface area contributed by atoms with Crippen molar-refractivity contribution in [2.75, 3.05) is 19.7 Å². The van der Waals surface area contributed by atoms with E-state index in [2.05, 4.69) is 30.2 Å². The zero-order chi connectivity index (χ0) is 16.5. The number of imidazole rings is 1. The molecule has 1 aromatic heterocycles. The Morgan fingerprint density at radius 3 is 2.87 bits per heavy atom. The van der Waals surface area contributed by atoms with Crippen LogP contribution in [0.4, 0.5) is 0 Å². The zero-order valence-electron chi connectivity index (χ0n) is 14.0. The van der Waals surface area contributed by atoms with Crippen LogP contribution in [0, 0.1) is 0 Å². The van der Waals surface area contributed by atoms with Crippen LogP contribution >= 0.6 is 0 Å². The van der Waals surface area contributed by atoms with Gasteiger partial charge < -0.3 is 19.7 Å². The van der Waals surface area contributed by atoms with E-state index in [1.54, 1.807) is 6.20 Å². The number of nitrogens with one attached hydrogen (secondary N) is 1. The summed E-state index contributed by atoms with van der Waals surface area (Å²) in [5.41, 5.74) is 1.17. The summed E-state index contributed by atoms with van der Waals surface area (Å²) in [5.74, 6) is 1.27. The third-order valence-electron chi connectivity index (χ3n) is 3.68. The maximum Gasteiger partial charge on any atom is 0.122 e. The molecule has 0 saturated heterocycles. The number of aliphatic hydroxyl groups is 1. The van der Waals surface area contributed by atoms with Gasteiger partial charge in [0.25, 0.3) is 0 Å². The minimum Gasteiger partial charge on any atom is -0.491 e. The molecule has 0 fully saturated rings. The highest BCUT2D eigenvalue weighted by Gasteiger charge is 2.09. The van der Waals surface area contributed by atoms with E-state index in [9.17, 15) is 5.11 Å². The number of hydrogen-bond donors (Lipinski definition) is 2. The van der Waals surface area contributed by atoms with E-state index in [1.807, 2.05) is 35.3 Å². The summed E-state index contributed by atoms with van der Waals surface area (Å²) in [4.78, 5) is 4.01. The van der Waals surface area contributed by atoms with Crippen molar-refractivity contribution in [1.29, 1.82) is 0 Å². The predicted octanol–water partition coefficient (Wildman–Crippen LogP) is 2.43. The number of hydrogen-bond acceptors (Lipinski definition) is 4. The number of rotatable bonds is 10. The Bertz CT molecular complexity index is 555. The normalized spacial score (nSPS) is 12.5. The summed E-state index contributed by atoms with van der Waals surface area (Å²) >= 11 is 0. The smallest absolute Gasteiger partial charge is 0.122 e. The molecule has 0 unspecified atom stereocenters. The Hall–Kier alpha value is -1.85. The lowest BCUT2D eigenvalue weighted by Crippen LogP contribution is -2.32. The standard InChI is InChI=1S/C18H27N3O2/c1-15(2)17-6-3-4-7-18(17)23-13-16(22)12-19-8-5-10-21-11-9-20-14-21/h3-4,6-7,9,11,14-16,19,22H,5,8,10,12-13H2,1-2H3/t16-/m0/s1. The minimum absolute atomic E-state index is 0.304. The molecular weight excluding hydrogens is 290 g/mol. The lowest BCUT2D eigenvalue weighted by Gasteiger charge is -2.17. The molecule has 2 aromatic rings. The molecule has 1 aromatic carbocycles. The highest BCUT2D eigenvalue weighted by Crippen LogP contribution is 2.25. The van der Waals surface area contributed by atoms with Crippen LogP contribution in [0.3, 0.4) is 0 Å². The van der Waals surface area contributed by atoms with Crippen LogP contribution < -0.4 is 10.1 Å². The molecule has 23 heavy (non-hydrogen) atoms. The van der Waals surface area contributed by atoms with Crippen molar-refractivity contribution in [3.05, 3.63) is 48.5 Å². The van der Waals surface area contributed by atoms with Gasteiger partial charge in [-0.15, -0.1) is 0 Å². The van der Waals surface area contributed by atoms with E-state index >= 15 is 0 Å². The fourth-order valence-corrected chi connectivity index (χ4v) is 2.41. The van der Waals surface area contributed by atoms with E-state index in [-0.39, 0.29) is 0 Å². The van der Waals surface area contributed by atoms with Crippen LogP contribution in [0.25, 0.3) is 0 Å². The Kier molecular flexibility index (Phi) is 7.10. The second-order valence-corrected chi connectivity index (χ2v) is 6.02. The predicted molar refractivity (Wildman–Crippen MR) is 91.7 cm³/mol. The minimum atomic E-state index is -0.511. The fourth-order valence-electron chi connectivity index (χ4n) is 2.41. The third-order valence-corrected chi connectivity index (χ3v) is 3.68. The Labute approximate surface area is 138 Å². The van der Waals surface area contributed by atoms with Gasteiger partial charge in [-0.25, -0.2) is 4.98 Å². The van der Waals surface area contributed by atoms with E-state index in [0.29, 0.717) is 19.1 Å². The van der Waals surface area contributed by atoms with Crippen molar-refractivity contribution in [3.8, 4) is 5.75 Å². The van der Waals surface area contributed by atoms with Gasteiger partial charge in [-0.05, 0) is 30.5 Å². The Morgan fingerprint density at radius 2 is 2.13 bits per heavy atom. The summed E-state index contributed by atoms with van der Waals surface area (Å²) in [6.07, 6.45) is 6.04. The molecule has 0 spiro atoms. The molecule has 5 heteroatoms. The van der Waals surface area contributed by atoms with Crippen molar-refractivity contribution in [1.82, 2.24) is 14.9 Å². The van der Waals surface area contributed by atoms with Crippen LogP contribution in [0.5, 0.6) is 5.75 Å². The van der Waals surface area contributed by atoms with Crippen molar-refractivity contribution >= 4 is 0 Å². The highest BCUT2D eigenvalue weighted by molar-refractivity contribution is 5.35. The zero-order valence-corrected chi connectivity index (χ0v) is 14.0. The molecule has 2 N–H and O–H groups in total. The van der Waals surface area contributed by atoms with Gasteiger partial charge in [0.1, 0.15) is 18.5 Å². The average molecular weight is 317 g/mol. The number of aromatic nitrogens is 2. The second kappa shape index (κ2) is 9.33. The number of para-hydroxylation sites is 1. The summed E-state index contributed by atoms with van der Waals surface area (Å²) in [6.45, 7) is 6.91. The van der Waals surface area contributed by atoms with Crippen LogP contribution in [-0.4, -0.2) is 40.5 Å². The van der Waals surface area contributed by atoms with Gasteiger partial charge in [0.15, 0.2) is 0 Å². The van der Waals surface area contributed by atoms with Gasteiger partial charge in [0.2, 0.25) is 0 Å². The number of benzene rings is 1. The van der Waals surface area contributed by atoms with Crippen molar-refractivity contribution in [2.24, 2.45) is 0 Å². The maximum atomic E-state index is 10.0. The van der Waals surface area contributed by atoms with Gasteiger partial charge in [0, 0.05) is 25.5 Å². The molecule has 0 radical (unpaired) electrons. The van der Waals surface area contributed by atoms with Gasteiger partial charge in [-0.1, -0.05) is 32.0 Å². The number of ether oxygens (including phenoxy) is 1. The Balaban J connectivity index is 1.62. The quantitative estimate of drug-likeness (QED) is 0.661. The molecular formula is C18H27N3O2.